The normalized spacial score (nSPS) is 12.8. The lowest BCUT2D eigenvalue weighted by Gasteiger charge is -2.03. The average molecular weight is 225 g/mol. The maximum Gasteiger partial charge on any atom is 0.289 e. The molecule has 0 fully saturated rings. The summed E-state index contributed by atoms with van der Waals surface area (Å²) in [7, 11) is 0. The molecule has 0 amide bonds. The van der Waals surface area contributed by atoms with Gasteiger partial charge < -0.3 is 4.74 Å². The topological polar surface area (TPSA) is 76.2 Å². The van der Waals surface area contributed by atoms with Gasteiger partial charge >= 0.3 is 0 Å². The molecule has 0 aliphatic carbocycles. The first-order valence-electron chi connectivity index (χ1n) is 4.18. The molecule has 0 radical (unpaired) electrons. The highest BCUT2D eigenvalue weighted by molar-refractivity contribution is 6.32. The Bertz CT molecular complexity index is 493. The highest BCUT2D eigenvalue weighted by Gasteiger charge is 2.27. The van der Waals surface area contributed by atoms with Crippen molar-refractivity contribution >= 4 is 17.3 Å². The van der Waals surface area contributed by atoms with Gasteiger partial charge in [-0.3, -0.25) is 10.1 Å². The summed E-state index contributed by atoms with van der Waals surface area (Å²) in [5.41, 5.74) is 0.334. The summed E-state index contributed by atoms with van der Waals surface area (Å²) in [6.07, 6.45) is 0.486. The van der Waals surface area contributed by atoms with E-state index in [0.717, 1.165) is 6.07 Å². The number of rotatable bonds is 1. The van der Waals surface area contributed by atoms with E-state index in [1.165, 1.54) is 0 Å². The third-order valence-electron chi connectivity index (χ3n) is 2.22. The number of hydrogen-bond acceptors (Lipinski definition) is 4. The number of benzene rings is 1. The van der Waals surface area contributed by atoms with Gasteiger partial charge in [0.25, 0.3) is 5.69 Å². The van der Waals surface area contributed by atoms with Gasteiger partial charge in [0.2, 0.25) is 0 Å². The van der Waals surface area contributed by atoms with E-state index in [9.17, 15) is 10.1 Å². The first kappa shape index (κ1) is 9.74. The zero-order chi connectivity index (χ0) is 11.0. The van der Waals surface area contributed by atoms with E-state index in [0.29, 0.717) is 24.3 Å². The van der Waals surface area contributed by atoms with Crippen LogP contribution >= 0.6 is 11.6 Å². The monoisotopic (exact) mass is 224 g/mol. The van der Waals surface area contributed by atoms with E-state index < -0.39 is 4.92 Å². The first-order valence-corrected chi connectivity index (χ1v) is 4.55. The Morgan fingerprint density at radius 2 is 2.40 bits per heavy atom. The first-order chi connectivity index (χ1) is 7.15. The van der Waals surface area contributed by atoms with Gasteiger partial charge in [0.15, 0.2) is 0 Å². The third-order valence-corrected chi connectivity index (χ3v) is 2.50. The van der Waals surface area contributed by atoms with Crippen LogP contribution in [0.1, 0.15) is 11.1 Å². The highest BCUT2D eigenvalue weighted by atomic mass is 35.5. The van der Waals surface area contributed by atoms with Crippen molar-refractivity contribution < 1.29 is 9.66 Å². The third kappa shape index (κ3) is 1.39. The van der Waals surface area contributed by atoms with E-state index in [2.05, 4.69) is 0 Å². The lowest BCUT2D eigenvalue weighted by atomic mass is 10.0. The number of nitrogens with zero attached hydrogens (tertiary/aromatic N) is 2. The number of nitro benzene ring substituents is 1. The van der Waals surface area contributed by atoms with Gasteiger partial charge in [-0.05, 0) is 0 Å². The number of ether oxygens (including phenoxy) is 1. The standard InChI is InChI=1S/C9H5ClN2O3/c10-7-3-8(12(13)14)6(4-11)5-1-2-15-9(5)7/h3H,1-2H2. The van der Waals surface area contributed by atoms with Gasteiger partial charge in [-0.2, -0.15) is 5.26 Å². The van der Waals surface area contributed by atoms with Crippen molar-refractivity contribution in [2.24, 2.45) is 0 Å². The number of nitro groups is 1. The molecule has 2 rings (SSSR count). The molecule has 0 bridgehead atoms. The summed E-state index contributed by atoms with van der Waals surface area (Å²) in [5.74, 6) is 0.402. The van der Waals surface area contributed by atoms with Crippen LogP contribution in [0.25, 0.3) is 0 Å². The van der Waals surface area contributed by atoms with Gasteiger partial charge in [0.1, 0.15) is 17.4 Å². The Morgan fingerprint density at radius 1 is 1.67 bits per heavy atom. The van der Waals surface area contributed by atoms with Crippen molar-refractivity contribution in [1.82, 2.24) is 0 Å². The maximum absolute atomic E-state index is 10.7. The summed E-state index contributed by atoms with van der Waals surface area (Å²) in [4.78, 5) is 10.1. The molecule has 1 heterocycles. The maximum atomic E-state index is 10.7. The molecule has 1 aromatic carbocycles. The molecule has 76 valence electrons. The predicted octanol–water partition coefficient (Wildman–Crippen LogP) is 2.05. The van der Waals surface area contributed by atoms with Crippen molar-refractivity contribution in [3.63, 3.8) is 0 Å². The van der Waals surface area contributed by atoms with Crippen LogP contribution < -0.4 is 4.74 Å². The Hall–Kier alpha value is -1.80. The largest absolute Gasteiger partial charge is 0.491 e. The molecule has 1 aromatic rings. The summed E-state index contributed by atoms with van der Waals surface area (Å²) >= 11 is 5.81. The molecule has 15 heavy (non-hydrogen) atoms. The van der Waals surface area contributed by atoms with Gasteiger partial charge in [-0.1, -0.05) is 11.6 Å². The van der Waals surface area contributed by atoms with E-state index in [1.54, 1.807) is 0 Å². The zero-order valence-electron chi connectivity index (χ0n) is 7.49. The van der Waals surface area contributed by atoms with E-state index in [-0.39, 0.29) is 16.3 Å². The van der Waals surface area contributed by atoms with Crippen LogP contribution in [0.3, 0.4) is 0 Å². The van der Waals surface area contributed by atoms with Gasteiger partial charge in [0, 0.05) is 18.1 Å². The number of hydrogen-bond donors (Lipinski definition) is 0. The summed E-state index contributed by atoms with van der Waals surface area (Å²) in [6, 6.07) is 2.98. The SMILES string of the molecule is N#Cc1c([N+](=O)[O-])cc(Cl)c2c1CCO2. The van der Waals surface area contributed by atoms with Crippen LogP contribution in [0.15, 0.2) is 6.07 Å². The molecule has 1 aliphatic rings. The Labute approximate surface area is 90.0 Å². The molecular weight excluding hydrogens is 220 g/mol. The zero-order valence-corrected chi connectivity index (χ0v) is 8.24. The van der Waals surface area contributed by atoms with Crippen LogP contribution in [-0.4, -0.2) is 11.5 Å². The molecule has 0 N–H and O–H groups in total. The lowest BCUT2D eigenvalue weighted by molar-refractivity contribution is -0.385. The Morgan fingerprint density at radius 3 is 3.00 bits per heavy atom. The van der Waals surface area contributed by atoms with Crippen LogP contribution in [0.5, 0.6) is 5.75 Å². The van der Waals surface area contributed by atoms with Crippen LogP contribution in [0, 0.1) is 21.4 Å². The second-order valence-electron chi connectivity index (χ2n) is 3.03. The summed E-state index contributed by atoms with van der Waals surface area (Å²) in [5, 5.41) is 19.7. The minimum atomic E-state index is -0.608. The van der Waals surface area contributed by atoms with E-state index in [4.69, 9.17) is 21.6 Å². The molecule has 0 atom stereocenters. The van der Waals surface area contributed by atoms with Crippen LogP contribution in [-0.2, 0) is 6.42 Å². The van der Waals surface area contributed by atoms with Gasteiger partial charge in [0.05, 0.1) is 16.6 Å². The average Bonchev–Trinajstić information content (AvgIpc) is 2.66. The molecular formula is C9H5ClN2O3. The van der Waals surface area contributed by atoms with Crippen molar-refractivity contribution in [1.29, 1.82) is 5.26 Å². The Balaban J connectivity index is 2.75. The minimum absolute atomic E-state index is 0.0527. The van der Waals surface area contributed by atoms with Crippen molar-refractivity contribution in [2.75, 3.05) is 6.61 Å². The molecule has 6 heteroatoms. The van der Waals surface area contributed by atoms with E-state index >= 15 is 0 Å². The highest BCUT2D eigenvalue weighted by Crippen LogP contribution is 2.40. The minimum Gasteiger partial charge on any atom is -0.491 e. The van der Waals surface area contributed by atoms with E-state index in [1.807, 2.05) is 6.07 Å². The predicted molar refractivity (Wildman–Crippen MR) is 52.0 cm³/mol. The molecule has 0 unspecified atom stereocenters. The fraction of sp³-hybridized carbons (Fsp3) is 0.222. The van der Waals surface area contributed by atoms with Crippen molar-refractivity contribution in [2.45, 2.75) is 6.42 Å². The van der Waals surface area contributed by atoms with Crippen molar-refractivity contribution in [3.8, 4) is 11.8 Å². The number of halogens is 1. The fourth-order valence-electron chi connectivity index (χ4n) is 1.59. The Kier molecular flexibility index (Phi) is 2.21. The quantitative estimate of drug-likeness (QED) is 0.540. The second kappa shape index (κ2) is 3.41. The second-order valence-corrected chi connectivity index (χ2v) is 3.43. The molecule has 0 aromatic heterocycles. The van der Waals surface area contributed by atoms with Gasteiger partial charge in [-0.15, -0.1) is 0 Å². The van der Waals surface area contributed by atoms with Crippen molar-refractivity contribution in [3.05, 3.63) is 32.3 Å². The molecule has 0 saturated carbocycles. The summed E-state index contributed by atoms with van der Waals surface area (Å²) in [6.45, 7) is 0.408. The molecule has 0 spiro atoms. The lowest BCUT2D eigenvalue weighted by Crippen LogP contribution is -1.96. The fourth-order valence-corrected chi connectivity index (χ4v) is 1.86. The molecule has 0 saturated heterocycles. The van der Waals surface area contributed by atoms with Crippen LogP contribution in [0.2, 0.25) is 5.02 Å². The van der Waals surface area contributed by atoms with Crippen LogP contribution in [0.4, 0.5) is 5.69 Å². The van der Waals surface area contributed by atoms with Gasteiger partial charge in [-0.25, -0.2) is 0 Å². The molecule has 1 aliphatic heterocycles. The smallest absolute Gasteiger partial charge is 0.289 e. The number of nitriles is 1. The number of fused-ring (bicyclic) bond motifs is 1. The molecule has 5 nitrogen and oxygen atoms in total. The summed E-state index contributed by atoms with van der Waals surface area (Å²) < 4.78 is 5.20.